The van der Waals surface area contributed by atoms with Gasteiger partial charge in [-0.25, -0.2) is 9.37 Å². The monoisotopic (exact) mass is 377 g/mol. The van der Waals surface area contributed by atoms with E-state index in [1.165, 1.54) is 17.4 Å². The highest BCUT2D eigenvalue weighted by Gasteiger charge is 2.12. The number of carbonyl (C=O) groups is 1. The number of guanidine groups is 1. The van der Waals surface area contributed by atoms with Gasteiger partial charge in [0.15, 0.2) is 5.96 Å². The van der Waals surface area contributed by atoms with Crippen LogP contribution in [0.4, 0.5) is 4.39 Å². The molecule has 1 aromatic carbocycles. The number of nitrogens with one attached hydrogen (secondary N) is 3. The molecule has 0 saturated heterocycles. The SMILES string of the molecule is CN=C(NCCNC(=O)c1scnc1C)NC(C)c1ccc(C)c(F)c1. The molecule has 2 rings (SSSR count). The van der Waals surface area contributed by atoms with Gasteiger partial charge in [0.25, 0.3) is 5.91 Å². The average molecular weight is 377 g/mol. The van der Waals surface area contributed by atoms with Gasteiger partial charge in [0.2, 0.25) is 0 Å². The summed E-state index contributed by atoms with van der Waals surface area (Å²) in [7, 11) is 1.66. The molecule has 2 aromatic rings. The fourth-order valence-electron chi connectivity index (χ4n) is 2.32. The zero-order valence-electron chi connectivity index (χ0n) is 15.4. The Morgan fingerprint density at radius 2 is 2.04 bits per heavy atom. The largest absolute Gasteiger partial charge is 0.355 e. The molecule has 0 fully saturated rings. The Labute approximate surface area is 157 Å². The van der Waals surface area contributed by atoms with Gasteiger partial charge < -0.3 is 16.0 Å². The first kappa shape index (κ1) is 19.8. The van der Waals surface area contributed by atoms with E-state index in [4.69, 9.17) is 0 Å². The van der Waals surface area contributed by atoms with E-state index in [0.29, 0.717) is 29.5 Å². The van der Waals surface area contributed by atoms with Crippen molar-refractivity contribution in [2.24, 2.45) is 4.99 Å². The Kier molecular flexibility index (Phi) is 7.08. The van der Waals surface area contributed by atoms with E-state index in [1.807, 2.05) is 19.9 Å². The molecule has 0 spiro atoms. The number of hydrogen-bond acceptors (Lipinski definition) is 4. The smallest absolute Gasteiger partial charge is 0.263 e. The summed E-state index contributed by atoms with van der Waals surface area (Å²) in [5.41, 5.74) is 3.85. The van der Waals surface area contributed by atoms with E-state index in [0.717, 1.165) is 11.3 Å². The van der Waals surface area contributed by atoms with Crippen LogP contribution in [0.2, 0.25) is 0 Å². The predicted molar refractivity (Wildman–Crippen MR) is 103 cm³/mol. The number of benzene rings is 1. The number of aryl methyl sites for hydroxylation is 2. The second kappa shape index (κ2) is 9.28. The number of thiazole rings is 1. The fourth-order valence-corrected chi connectivity index (χ4v) is 3.04. The quantitative estimate of drug-likeness (QED) is 0.411. The molecule has 3 N–H and O–H groups in total. The molecule has 8 heteroatoms. The summed E-state index contributed by atoms with van der Waals surface area (Å²) in [5.74, 6) is 0.236. The third-order valence-electron chi connectivity index (χ3n) is 3.93. The number of carbonyl (C=O) groups excluding carboxylic acids is 1. The molecule has 0 bridgehead atoms. The Morgan fingerprint density at radius 1 is 1.31 bits per heavy atom. The molecule has 0 aliphatic heterocycles. The van der Waals surface area contributed by atoms with Crippen molar-refractivity contribution in [2.45, 2.75) is 26.8 Å². The molecule has 6 nitrogen and oxygen atoms in total. The minimum absolute atomic E-state index is 0.106. The van der Waals surface area contributed by atoms with Crippen molar-refractivity contribution < 1.29 is 9.18 Å². The van der Waals surface area contributed by atoms with E-state index in [1.54, 1.807) is 25.5 Å². The second-order valence-corrected chi connectivity index (χ2v) is 6.75. The summed E-state index contributed by atoms with van der Waals surface area (Å²) in [6.07, 6.45) is 0. The maximum atomic E-state index is 13.7. The van der Waals surface area contributed by atoms with Crippen LogP contribution in [0.15, 0.2) is 28.7 Å². The van der Waals surface area contributed by atoms with E-state index < -0.39 is 0 Å². The molecular weight excluding hydrogens is 353 g/mol. The lowest BCUT2D eigenvalue weighted by atomic mass is 10.1. The molecule has 0 aliphatic carbocycles. The van der Waals surface area contributed by atoms with Crippen molar-refractivity contribution in [3.63, 3.8) is 0 Å². The fraction of sp³-hybridized carbons (Fsp3) is 0.389. The van der Waals surface area contributed by atoms with E-state index in [9.17, 15) is 9.18 Å². The van der Waals surface area contributed by atoms with Crippen LogP contribution in [0.1, 0.15) is 39.5 Å². The lowest BCUT2D eigenvalue weighted by Gasteiger charge is -2.18. The first-order valence-corrected chi connectivity index (χ1v) is 9.22. The molecule has 140 valence electrons. The maximum absolute atomic E-state index is 13.7. The summed E-state index contributed by atoms with van der Waals surface area (Å²) in [4.78, 5) is 20.9. The van der Waals surface area contributed by atoms with Crippen LogP contribution in [0.3, 0.4) is 0 Å². The molecular formula is C18H24FN5OS. The number of aromatic nitrogens is 1. The zero-order valence-corrected chi connectivity index (χ0v) is 16.2. The zero-order chi connectivity index (χ0) is 19.1. The number of halogens is 1. The lowest BCUT2D eigenvalue weighted by Crippen LogP contribution is -2.42. The van der Waals surface area contributed by atoms with Crippen molar-refractivity contribution in [1.29, 1.82) is 0 Å². The van der Waals surface area contributed by atoms with Gasteiger partial charge in [-0.15, -0.1) is 11.3 Å². The van der Waals surface area contributed by atoms with Gasteiger partial charge >= 0.3 is 0 Å². The van der Waals surface area contributed by atoms with E-state index in [-0.39, 0.29) is 17.8 Å². The summed E-state index contributed by atoms with van der Waals surface area (Å²) >= 11 is 1.32. The van der Waals surface area contributed by atoms with Crippen molar-refractivity contribution in [3.8, 4) is 0 Å². The van der Waals surface area contributed by atoms with Crippen molar-refractivity contribution in [2.75, 3.05) is 20.1 Å². The van der Waals surface area contributed by atoms with Crippen LogP contribution in [0.25, 0.3) is 0 Å². The lowest BCUT2D eigenvalue weighted by molar-refractivity contribution is 0.0957. The summed E-state index contributed by atoms with van der Waals surface area (Å²) in [5, 5.41) is 9.18. The molecule has 26 heavy (non-hydrogen) atoms. The summed E-state index contributed by atoms with van der Waals surface area (Å²) in [6, 6.07) is 5.07. The van der Waals surface area contributed by atoms with Crippen LogP contribution in [0, 0.1) is 19.7 Å². The standard InChI is InChI=1S/C18H24FN5OS/c1-11-5-6-14(9-15(11)19)12(2)24-18(20-4)22-8-7-21-17(25)16-13(3)23-10-26-16/h5-6,9-10,12H,7-8H2,1-4H3,(H,21,25)(H2,20,22,24). The first-order valence-electron chi connectivity index (χ1n) is 8.34. The summed E-state index contributed by atoms with van der Waals surface area (Å²) in [6.45, 7) is 6.44. The Morgan fingerprint density at radius 3 is 2.65 bits per heavy atom. The molecule has 1 unspecified atom stereocenters. The van der Waals surface area contributed by atoms with Gasteiger partial charge in [-0.05, 0) is 38.0 Å². The van der Waals surface area contributed by atoms with Crippen molar-refractivity contribution in [3.05, 3.63) is 51.2 Å². The molecule has 1 aromatic heterocycles. The van der Waals surface area contributed by atoms with Gasteiger partial charge in [0.05, 0.1) is 17.2 Å². The number of rotatable bonds is 6. The number of hydrogen-bond donors (Lipinski definition) is 3. The van der Waals surface area contributed by atoms with Crippen LogP contribution in [-0.2, 0) is 0 Å². The molecule has 1 heterocycles. The Hall–Kier alpha value is -2.48. The van der Waals surface area contributed by atoms with Crippen LogP contribution in [-0.4, -0.2) is 37.0 Å². The van der Waals surface area contributed by atoms with Gasteiger partial charge in [-0.3, -0.25) is 9.79 Å². The number of amides is 1. The van der Waals surface area contributed by atoms with Crippen molar-refractivity contribution in [1.82, 2.24) is 20.9 Å². The van der Waals surface area contributed by atoms with E-state index >= 15 is 0 Å². The van der Waals surface area contributed by atoms with Crippen molar-refractivity contribution >= 4 is 23.2 Å². The van der Waals surface area contributed by atoms with Crippen LogP contribution in [0.5, 0.6) is 0 Å². The highest BCUT2D eigenvalue weighted by molar-refractivity contribution is 7.11. The molecule has 1 atom stereocenters. The Balaban J connectivity index is 1.79. The molecule has 0 aliphatic rings. The molecule has 1 amide bonds. The topological polar surface area (TPSA) is 78.4 Å². The normalized spacial score (nSPS) is 12.6. The first-order chi connectivity index (χ1) is 12.4. The predicted octanol–water partition coefficient (Wildman–Crippen LogP) is 2.56. The highest BCUT2D eigenvalue weighted by Crippen LogP contribution is 2.16. The minimum atomic E-state index is -0.222. The average Bonchev–Trinajstić information content (AvgIpc) is 3.05. The number of aliphatic imine (C=N–C) groups is 1. The van der Waals surface area contributed by atoms with Gasteiger partial charge in [-0.2, -0.15) is 0 Å². The highest BCUT2D eigenvalue weighted by atomic mass is 32.1. The van der Waals surface area contributed by atoms with Crippen LogP contribution < -0.4 is 16.0 Å². The molecule has 0 radical (unpaired) electrons. The van der Waals surface area contributed by atoms with E-state index in [2.05, 4.69) is 25.9 Å². The third kappa shape index (κ3) is 5.26. The summed E-state index contributed by atoms with van der Waals surface area (Å²) < 4.78 is 13.7. The third-order valence-corrected chi connectivity index (χ3v) is 4.85. The molecule has 0 saturated carbocycles. The minimum Gasteiger partial charge on any atom is -0.355 e. The maximum Gasteiger partial charge on any atom is 0.263 e. The van der Waals surface area contributed by atoms with Gasteiger partial charge in [0.1, 0.15) is 10.7 Å². The van der Waals surface area contributed by atoms with Crippen LogP contribution >= 0.6 is 11.3 Å². The second-order valence-electron chi connectivity index (χ2n) is 5.90. The Bertz CT molecular complexity index is 790. The van der Waals surface area contributed by atoms with Gasteiger partial charge in [-0.1, -0.05) is 12.1 Å². The van der Waals surface area contributed by atoms with Gasteiger partial charge in [0, 0.05) is 20.1 Å². The number of nitrogens with zero attached hydrogens (tertiary/aromatic N) is 2.